The highest BCUT2D eigenvalue weighted by Crippen LogP contribution is 2.21. The highest BCUT2D eigenvalue weighted by molar-refractivity contribution is 5.91. The molecule has 3 rings (SSSR count). The van der Waals surface area contributed by atoms with Crippen molar-refractivity contribution in [2.45, 2.75) is 13.8 Å². The Labute approximate surface area is 135 Å². The van der Waals surface area contributed by atoms with Crippen LogP contribution >= 0.6 is 0 Å². The Bertz CT molecular complexity index is 675. The van der Waals surface area contributed by atoms with Gasteiger partial charge in [-0.25, -0.2) is 4.98 Å². The number of furan rings is 1. The minimum absolute atomic E-state index is 0.0895. The summed E-state index contributed by atoms with van der Waals surface area (Å²) in [5, 5.41) is 0. The first-order valence-electron chi connectivity index (χ1n) is 7.87. The van der Waals surface area contributed by atoms with Gasteiger partial charge in [0.1, 0.15) is 5.82 Å². The zero-order valence-corrected chi connectivity index (χ0v) is 13.5. The molecular weight excluding hydrogens is 294 g/mol. The molecule has 2 aromatic heterocycles. The number of hydrogen-bond acceptors (Lipinski definition) is 5. The van der Waals surface area contributed by atoms with Crippen LogP contribution in [0.5, 0.6) is 5.95 Å². The topological polar surface area (TPSA) is 58.8 Å². The van der Waals surface area contributed by atoms with Gasteiger partial charge in [-0.1, -0.05) is 6.07 Å². The number of amides is 1. The summed E-state index contributed by atoms with van der Waals surface area (Å²) < 4.78 is 10.7. The molecule has 0 aromatic carbocycles. The molecule has 1 saturated heterocycles. The first-order valence-corrected chi connectivity index (χ1v) is 7.87. The zero-order valence-electron chi connectivity index (χ0n) is 13.5. The number of carbonyl (C=O) groups is 1. The van der Waals surface area contributed by atoms with Gasteiger partial charge in [0.05, 0.1) is 6.61 Å². The SMILES string of the molecule is CCOc1ccc(C(=O)N2CCN(c3ncccc3C)CC2)o1. The van der Waals surface area contributed by atoms with E-state index in [0.29, 0.717) is 31.4 Å². The summed E-state index contributed by atoms with van der Waals surface area (Å²) in [7, 11) is 0. The van der Waals surface area contributed by atoms with Crippen LogP contribution in [0.15, 0.2) is 34.9 Å². The van der Waals surface area contributed by atoms with Crippen molar-refractivity contribution in [3.63, 3.8) is 0 Å². The molecule has 122 valence electrons. The molecule has 0 bridgehead atoms. The van der Waals surface area contributed by atoms with E-state index >= 15 is 0 Å². The van der Waals surface area contributed by atoms with Crippen LogP contribution in [0.2, 0.25) is 0 Å². The Hall–Kier alpha value is -2.50. The van der Waals surface area contributed by atoms with E-state index in [2.05, 4.69) is 22.9 Å². The summed E-state index contributed by atoms with van der Waals surface area (Å²) in [6, 6.07) is 7.34. The van der Waals surface area contributed by atoms with Crippen LogP contribution in [0.4, 0.5) is 5.82 Å². The predicted molar refractivity (Wildman–Crippen MR) is 87.0 cm³/mol. The summed E-state index contributed by atoms with van der Waals surface area (Å²) in [6.45, 7) is 7.29. The first kappa shape index (κ1) is 15.4. The fraction of sp³-hybridized carbons (Fsp3) is 0.412. The number of hydrogen-bond donors (Lipinski definition) is 0. The summed E-state index contributed by atoms with van der Waals surface area (Å²) in [5.41, 5.74) is 1.15. The van der Waals surface area contributed by atoms with Crippen LogP contribution in [-0.2, 0) is 0 Å². The first-order chi connectivity index (χ1) is 11.2. The second-order valence-electron chi connectivity index (χ2n) is 5.47. The van der Waals surface area contributed by atoms with Crippen molar-refractivity contribution < 1.29 is 13.9 Å². The van der Waals surface area contributed by atoms with Crippen LogP contribution in [0.1, 0.15) is 23.0 Å². The molecule has 0 aliphatic carbocycles. The van der Waals surface area contributed by atoms with Gasteiger partial charge in [-0.2, -0.15) is 0 Å². The van der Waals surface area contributed by atoms with Gasteiger partial charge in [0.15, 0.2) is 5.76 Å². The van der Waals surface area contributed by atoms with Gasteiger partial charge in [0.2, 0.25) is 0 Å². The monoisotopic (exact) mass is 315 g/mol. The van der Waals surface area contributed by atoms with E-state index in [-0.39, 0.29) is 5.91 Å². The minimum Gasteiger partial charge on any atom is -0.465 e. The van der Waals surface area contributed by atoms with Crippen LogP contribution in [0.3, 0.4) is 0 Å². The van der Waals surface area contributed by atoms with Crippen LogP contribution in [0, 0.1) is 6.92 Å². The number of rotatable bonds is 4. The number of aryl methyl sites for hydroxylation is 1. The van der Waals surface area contributed by atoms with E-state index < -0.39 is 0 Å². The van der Waals surface area contributed by atoms with E-state index in [1.54, 1.807) is 18.3 Å². The lowest BCUT2D eigenvalue weighted by Gasteiger charge is -2.35. The van der Waals surface area contributed by atoms with Gasteiger partial charge < -0.3 is 19.0 Å². The van der Waals surface area contributed by atoms with Crippen molar-refractivity contribution in [1.29, 1.82) is 0 Å². The molecule has 6 heteroatoms. The minimum atomic E-state index is -0.0895. The zero-order chi connectivity index (χ0) is 16.2. The quantitative estimate of drug-likeness (QED) is 0.867. The second kappa shape index (κ2) is 6.73. The molecule has 6 nitrogen and oxygen atoms in total. The number of aromatic nitrogens is 1. The number of piperazine rings is 1. The maximum Gasteiger partial charge on any atom is 0.289 e. The fourth-order valence-electron chi connectivity index (χ4n) is 2.74. The van der Waals surface area contributed by atoms with E-state index in [1.165, 1.54) is 0 Å². The smallest absolute Gasteiger partial charge is 0.289 e. The van der Waals surface area contributed by atoms with Gasteiger partial charge in [-0.15, -0.1) is 0 Å². The van der Waals surface area contributed by atoms with Crippen LogP contribution in [0.25, 0.3) is 0 Å². The maximum atomic E-state index is 12.5. The van der Waals surface area contributed by atoms with Crippen molar-refractivity contribution in [3.05, 3.63) is 41.8 Å². The molecule has 0 N–H and O–H groups in total. The number of nitrogens with zero attached hydrogens (tertiary/aromatic N) is 3. The number of carbonyl (C=O) groups excluding carboxylic acids is 1. The van der Waals surface area contributed by atoms with E-state index in [0.717, 1.165) is 24.5 Å². The standard InChI is InChI=1S/C17H21N3O3/c1-3-22-15-7-6-14(23-15)17(21)20-11-9-19(10-12-20)16-13(2)5-4-8-18-16/h4-8H,3,9-12H2,1-2H3. The third-order valence-electron chi connectivity index (χ3n) is 3.93. The Morgan fingerprint density at radius 2 is 2.04 bits per heavy atom. The van der Waals surface area contributed by atoms with E-state index in [9.17, 15) is 4.79 Å². The molecule has 0 saturated carbocycles. The molecule has 0 radical (unpaired) electrons. The number of pyridine rings is 1. The Kier molecular flexibility index (Phi) is 4.50. The predicted octanol–water partition coefficient (Wildman–Crippen LogP) is 2.34. The summed E-state index contributed by atoms with van der Waals surface area (Å²) >= 11 is 0. The third-order valence-corrected chi connectivity index (χ3v) is 3.93. The molecule has 1 fully saturated rings. The lowest BCUT2D eigenvalue weighted by Crippen LogP contribution is -2.49. The molecule has 1 amide bonds. The van der Waals surface area contributed by atoms with Gasteiger partial charge in [0, 0.05) is 38.4 Å². The van der Waals surface area contributed by atoms with Crippen LogP contribution < -0.4 is 9.64 Å². The van der Waals surface area contributed by atoms with Crippen molar-refractivity contribution in [2.75, 3.05) is 37.7 Å². The molecule has 23 heavy (non-hydrogen) atoms. The van der Waals surface area contributed by atoms with Crippen LogP contribution in [-0.4, -0.2) is 48.6 Å². The molecule has 1 aliphatic rings. The number of ether oxygens (including phenoxy) is 1. The largest absolute Gasteiger partial charge is 0.465 e. The molecule has 0 spiro atoms. The van der Waals surface area contributed by atoms with Gasteiger partial charge in [-0.05, 0) is 31.5 Å². The average Bonchev–Trinajstić information content (AvgIpc) is 3.04. The Morgan fingerprint density at radius 1 is 1.26 bits per heavy atom. The lowest BCUT2D eigenvalue weighted by molar-refractivity contribution is 0.0706. The highest BCUT2D eigenvalue weighted by atomic mass is 16.6. The molecule has 2 aromatic rings. The van der Waals surface area contributed by atoms with Gasteiger partial charge in [-0.3, -0.25) is 4.79 Å². The maximum absolute atomic E-state index is 12.5. The third kappa shape index (κ3) is 3.31. The summed E-state index contributed by atoms with van der Waals surface area (Å²) in [4.78, 5) is 20.9. The van der Waals surface area contributed by atoms with Crippen molar-refractivity contribution in [1.82, 2.24) is 9.88 Å². The normalized spacial score (nSPS) is 14.9. The molecular formula is C17H21N3O3. The summed E-state index contributed by atoms with van der Waals surface area (Å²) in [5.74, 6) is 1.62. The molecule has 0 unspecified atom stereocenters. The average molecular weight is 315 g/mol. The molecule has 3 heterocycles. The van der Waals surface area contributed by atoms with Gasteiger partial charge in [0.25, 0.3) is 11.9 Å². The van der Waals surface area contributed by atoms with E-state index in [1.807, 2.05) is 17.9 Å². The molecule has 1 aliphatic heterocycles. The fourth-order valence-corrected chi connectivity index (χ4v) is 2.74. The Balaban J connectivity index is 1.62. The van der Waals surface area contributed by atoms with Crippen molar-refractivity contribution in [3.8, 4) is 5.95 Å². The van der Waals surface area contributed by atoms with E-state index in [4.69, 9.17) is 9.15 Å². The lowest BCUT2D eigenvalue weighted by atomic mass is 10.2. The number of anilines is 1. The van der Waals surface area contributed by atoms with Crippen molar-refractivity contribution >= 4 is 11.7 Å². The highest BCUT2D eigenvalue weighted by Gasteiger charge is 2.25. The molecule has 0 atom stereocenters. The van der Waals surface area contributed by atoms with Crippen molar-refractivity contribution in [2.24, 2.45) is 0 Å². The Morgan fingerprint density at radius 3 is 2.74 bits per heavy atom. The second-order valence-corrected chi connectivity index (χ2v) is 5.47. The summed E-state index contributed by atoms with van der Waals surface area (Å²) in [6.07, 6.45) is 1.80. The van der Waals surface area contributed by atoms with Gasteiger partial charge >= 0.3 is 0 Å².